The summed E-state index contributed by atoms with van der Waals surface area (Å²) in [5, 5.41) is 1.92. The summed E-state index contributed by atoms with van der Waals surface area (Å²) in [4.78, 5) is 18.0. The van der Waals surface area contributed by atoms with Gasteiger partial charge in [-0.05, 0) is 19.2 Å². The highest BCUT2D eigenvalue weighted by molar-refractivity contribution is 5.92. The van der Waals surface area contributed by atoms with E-state index in [9.17, 15) is 4.79 Å². The molecule has 1 aliphatic heterocycles. The lowest BCUT2D eigenvalue weighted by atomic mass is 10.3. The number of nitrogens with two attached hydrogens (primary N) is 1. The number of aromatic nitrogens is 1. The predicted molar refractivity (Wildman–Crippen MR) is 65.2 cm³/mol. The van der Waals surface area contributed by atoms with Crippen LogP contribution in [-0.2, 0) is 0 Å². The summed E-state index contributed by atoms with van der Waals surface area (Å²) < 4.78 is 0. The van der Waals surface area contributed by atoms with Gasteiger partial charge in [0, 0.05) is 26.2 Å². The highest BCUT2D eigenvalue weighted by Crippen LogP contribution is 2.02. The molecule has 0 aromatic carbocycles. The number of hydrazine groups is 1. The van der Waals surface area contributed by atoms with Crippen molar-refractivity contribution in [3.8, 4) is 0 Å². The molecule has 1 amide bonds. The number of hydrogen-bond acceptors (Lipinski definition) is 5. The SMILES string of the molecule is CN1CCN(NC(=O)c2ccc(N)cn2)CC1. The predicted octanol–water partition coefficient (Wildman–Crippen LogP) is -0.444. The molecule has 2 heterocycles. The number of nitrogens with zero attached hydrogens (tertiary/aromatic N) is 3. The van der Waals surface area contributed by atoms with E-state index in [2.05, 4.69) is 22.4 Å². The third-order valence-corrected chi connectivity index (χ3v) is 2.78. The van der Waals surface area contributed by atoms with Gasteiger partial charge in [-0.25, -0.2) is 9.99 Å². The topological polar surface area (TPSA) is 74.5 Å². The molecule has 0 spiro atoms. The fraction of sp³-hybridized carbons (Fsp3) is 0.455. The number of amides is 1. The number of hydrogen-bond donors (Lipinski definition) is 2. The summed E-state index contributed by atoms with van der Waals surface area (Å²) in [6.45, 7) is 3.57. The summed E-state index contributed by atoms with van der Waals surface area (Å²) in [6, 6.07) is 3.30. The second-order valence-corrected chi connectivity index (χ2v) is 4.21. The van der Waals surface area contributed by atoms with E-state index in [1.54, 1.807) is 12.1 Å². The van der Waals surface area contributed by atoms with E-state index in [0.717, 1.165) is 26.2 Å². The van der Waals surface area contributed by atoms with Crippen molar-refractivity contribution in [2.75, 3.05) is 39.0 Å². The van der Waals surface area contributed by atoms with Crippen LogP contribution in [0.5, 0.6) is 0 Å². The monoisotopic (exact) mass is 235 g/mol. The van der Waals surface area contributed by atoms with Gasteiger partial charge in [0.25, 0.3) is 5.91 Å². The number of nitrogen functional groups attached to an aromatic ring is 1. The van der Waals surface area contributed by atoms with E-state index in [0.29, 0.717) is 11.4 Å². The molecule has 0 radical (unpaired) electrons. The average molecular weight is 235 g/mol. The van der Waals surface area contributed by atoms with E-state index in [1.165, 1.54) is 6.20 Å². The van der Waals surface area contributed by atoms with E-state index >= 15 is 0 Å². The molecule has 1 aromatic heterocycles. The number of carbonyl (C=O) groups excluding carboxylic acids is 1. The minimum absolute atomic E-state index is 0.186. The lowest BCUT2D eigenvalue weighted by Gasteiger charge is -2.32. The van der Waals surface area contributed by atoms with Crippen LogP contribution in [0.25, 0.3) is 0 Å². The van der Waals surface area contributed by atoms with Crippen molar-refractivity contribution in [1.82, 2.24) is 20.3 Å². The first-order valence-corrected chi connectivity index (χ1v) is 5.61. The normalized spacial score (nSPS) is 17.9. The van der Waals surface area contributed by atoms with Crippen LogP contribution >= 0.6 is 0 Å². The Morgan fingerprint density at radius 2 is 2.06 bits per heavy atom. The van der Waals surface area contributed by atoms with Gasteiger partial charge in [-0.1, -0.05) is 0 Å². The largest absolute Gasteiger partial charge is 0.397 e. The van der Waals surface area contributed by atoms with Gasteiger partial charge in [-0.2, -0.15) is 0 Å². The van der Waals surface area contributed by atoms with Crippen LogP contribution in [0, 0.1) is 0 Å². The number of likely N-dealkylation sites (N-methyl/N-ethyl adjacent to an activating group) is 1. The zero-order valence-electron chi connectivity index (χ0n) is 9.89. The molecule has 1 saturated heterocycles. The molecule has 17 heavy (non-hydrogen) atoms. The molecular weight excluding hydrogens is 218 g/mol. The molecule has 0 bridgehead atoms. The lowest BCUT2D eigenvalue weighted by Crippen LogP contribution is -2.52. The summed E-state index contributed by atoms with van der Waals surface area (Å²) in [5.41, 5.74) is 9.30. The number of carbonyl (C=O) groups is 1. The van der Waals surface area contributed by atoms with Crippen LogP contribution in [0.15, 0.2) is 18.3 Å². The quantitative estimate of drug-likeness (QED) is 0.726. The highest BCUT2D eigenvalue weighted by Gasteiger charge is 2.16. The minimum atomic E-state index is -0.186. The molecule has 6 nitrogen and oxygen atoms in total. The number of nitrogens with one attached hydrogen (secondary N) is 1. The van der Waals surface area contributed by atoms with Gasteiger partial charge in [0.05, 0.1) is 11.9 Å². The van der Waals surface area contributed by atoms with E-state index in [1.807, 2.05) is 5.01 Å². The van der Waals surface area contributed by atoms with Gasteiger partial charge >= 0.3 is 0 Å². The Hall–Kier alpha value is -1.66. The van der Waals surface area contributed by atoms with Gasteiger partial charge in [0.2, 0.25) is 0 Å². The minimum Gasteiger partial charge on any atom is -0.397 e. The Morgan fingerprint density at radius 3 is 2.65 bits per heavy atom. The molecule has 0 unspecified atom stereocenters. The third kappa shape index (κ3) is 3.15. The average Bonchev–Trinajstić information content (AvgIpc) is 2.33. The Labute approximate surface area is 100 Å². The summed E-state index contributed by atoms with van der Waals surface area (Å²) in [5.74, 6) is -0.186. The van der Waals surface area contributed by atoms with Crippen molar-refractivity contribution in [1.29, 1.82) is 0 Å². The van der Waals surface area contributed by atoms with Gasteiger partial charge in [0.1, 0.15) is 5.69 Å². The maximum absolute atomic E-state index is 11.8. The molecule has 0 saturated carbocycles. The molecule has 0 atom stereocenters. The fourth-order valence-electron chi connectivity index (χ4n) is 1.66. The van der Waals surface area contributed by atoms with Crippen LogP contribution in [0.2, 0.25) is 0 Å². The second kappa shape index (κ2) is 5.11. The Balaban J connectivity index is 1.91. The van der Waals surface area contributed by atoms with Crippen molar-refractivity contribution in [2.45, 2.75) is 0 Å². The first-order valence-electron chi connectivity index (χ1n) is 5.61. The smallest absolute Gasteiger partial charge is 0.284 e. The molecule has 2 rings (SSSR count). The molecule has 1 aromatic rings. The van der Waals surface area contributed by atoms with E-state index in [4.69, 9.17) is 5.73 Å². The van der Waals surface area contributed by atoms with Crippen LogP contribution < -0.4 is 11.2 Å². The zero-order chi connectivity index (χ0) is 12.3. The highest BCUT2D eigenvalue weighted by atomic mass is 16.2. The first-order chi connectivity index (χ1) is 8.15. The van der Waals surface area contributed by atoms with Crippen LogP contribution in [0.1, 0.15) is 10.5 Å². The number of pyridine rings is 1. The lowest BCUT2D eigenvalue weighted by molar-refractivity contribution is 0.0658. The van der Waals surface area contributed by atoms with Gasteiger partial charge in [-0.3, -0.25) is 10.2 Å². The number of piperazine rings is 1. The molecule has 92 valence electrons. The van der Waals surface area contributed by atoms with E-state index in [-0.39, 0.29) is 5.91 Å². The Kier molecular flexibility index (Phi) is 3.55. The van der Waals surface area contributed by atoms with Crippen LogP contribution in [-0.4, -0.2) is 54.0 Å². The molecule has 1 fully saturated rings. The van der Waals surface area contributed by atoms with Gasteiger partial charge in [-0.15, -0.1) is 0 Å². The Morgan fingerprint density at radius 1 is 1.35 bits per heavy atom. The molecular formula is C11H17N5O. The van der Waals surface area contributed by atoms with Gasteiger partial charge in [0.15, 0.2) is 0 Å². The zero-order valence-corrected chi connectivity index (χ0v) is 9.89. The second-order valence-electron chi connectivity index (χ2n) is 4.21. The van der Waals surface area contributed by atoms with Gasteiger partial charge < -0.3 is 10.6 Å². The van der Waals surface area contributed by atoms with Crippen molar-refractivity contribution in [3.63, 3.8) is 0 Å². The van der Waals surface area contributed by atoms with Crippen LogP contribution in [0.4, 0.5) is 5.69 Å². The number of anilines is 1. The van der Waals surface area contributed by atoms with Crippen molar-refractivity contribution in [2.24, 2.45) is 0 Å². The summed E-state index contributed by atoms with van der Waals surface area (Å²) in [6.07, 6.45) is 1.49. The van der Waals surface area contributed by atoms with Crippen LogP contribution in [0.3, 0.4) is 0 Å². The molecule has 6 heteroatoms. The van der Waals surface area contributed by atoms with Crippen molar-refractivity contribution >= 4 is 11.6 Å². The maximum atomic E-state index is 11.8. The Bertz CT molecular complexity index is 383. The molecule has 0 aliphatic carbocycles. The van der Waals surface area contributed by atoms with Crippen molar-refractivity contribution < 1.29 is 4.79 Å². The van der Waals surface area contributed by atoms with Crippen molar-refractivity contribution in [3.05, 3.63) is 24.0 Å². The van der Waals surface area contributed by atoms with E-state index < -0.39 is 0 Å². The molecule has 3 N–H and O–H groups in total. The number of rotatable bonds is 2. The maximum Gasteiger partial charge on any atom is 0.284 e. The fourth-order valence-corrected chi connectivity index (χ4v) is 1.66. The summed E-state index contributed by atoms with van der Waals surface area (Å²) in [7, 11) is 2.07. The molecule has 1 aliphatic rings. The third-order valence-electron chi connectivity index (χ3n) is 2.78. The summed E-state index contributed by atoms with van der Waals surface area (Å²) >= 11 is 0. The first kappa shape index (κ1) is 11.8. The standard InChI is InChI=1S/C11H17N5O/c1-15-4-6-16(7-5-15)14-11(17)10-3-2-9(12)8-13-10/h2-3,8H,4-7,12H2,1H3,(H,14,17).